The highest BCUT2D eigenvalue weighted by Crippen LogP contribution is 2.25. The molecule has 5 amide bonds. The molecule has 16 heteroatoms. The predicted molar refractivity (Wildman–Crippen MR) is 182 cm³/mol. The van der Waals surface area contributed by atoms with Gasteiger partial charge in [0.15, 0.2) is 5.78 Å². The highest BCUT2D eigenvalue weighted by molar-refractivity contribution is 8.00. The number of amides is 5. The van der Waals surface area contributed by atoms with E-state index in [1.165, 1.54) is 0 Å². The van der Waals surface area contributed by atoms with Crippen LogP contribution in [-0.2, 0) is 43.0 Å². The van der Waals surface area contributed by atoms with Crippen LogP contribution in [0.25, 0.3) is 0 Å². The van der Waals surface area contributed by atoms with Crippen molar-refractivity contribution in [1.29, 1.82) is 0 Å². The van der Waals surface area contributed by atoms with Crippen molar-refractivity contribution in [1.82, 2.24) is 20.9 Å². The van der Waals surface area contributed by atoms with E-state index in [0.717, 1.165) is 23.2 Å². The molecule has 0 spiro atoms. The number of nitrogens with two attached hydrogens (primary N) is 2. The summed E-state index contributed by atoms with van der Waals surface area (Å²) in [5.74, 6) is -2.88. The molecule has 0 saturated carbocycles. The summed E-state index contributed by atoms with van der Waals surface area (Å²) in [6, 6.07) is -1.41. The number of carbonyl (C=O) groups excluding carboxylic acids is 7. The van der Waals surface area contributed by atoms with Crippen molar-refractivity contribution in [3.63, 3.8) is 0 Å². The van der Waals surface area contributed by atoms with E-state index in [0.29, 0.717) is 51.7 Å². The van der Waals surface area contributed by atoms with Gasteiger partial charge in [-0.15, -0.1) is 11.8 Å². The van der Waals surface area contributed by atoms with Crippen LogP contribution in [0.1, 0.15) is 79.1 Å². The molecule has 1 aliphatic rings. The van der Waals surface area contributed by atoms with Crippen molar-refractivity contribution in [2.75, 3.05) is 51.8 Å². The number of Topliss-reactive ketones (excluding diaryl/α,β-unsaturated/α-hetero) is 2. The molecule has 0 aromatic rings. The quantitative estimate of drug-likeness (QED) is 0.0529. The highest BCUT2D eigenvalue weighted by atomic mass is 32.2. The molecule has 274 valence electrons. The third-order valence-corrected chi connectivity index (χ3v) is 8.74. The number of likely N-dealkylation sites (tertiary alicyclic amines) is 1. The van der Waals surface area contributed by atoms with Crippen molar-refractivity contribution in [3.05, 3.63) is 0 Å². The second-order valence-corrected chi connectivity index (χ2v) is 13.6. The summed E-state index contributed by atoms with van der Waals surface area (Å²) in [4.78, 5) is 86.4. The molecule has 48 heavy (non-hydrogen) atoms. The molecule has 1 rings (SSSR count). The van der Waals surface area contributed by atoms with Crippen molar-refractivity contribution < 1.29 is 43.0 Å². The van der Waals surface area contributed by atoms with Gasteiger partial charge in [-0.3, -0.25) is 38.5 Å². The Morgan fingerprint density at radius 1 is 0.917 bits per heavy atom. The van der Waals surface area contributed by atoms with Crippen LogP contribution >= 0.6 is 11.8 Å². The molecule has 1 unspecified atom stereocenters. The summed E-state index contributed by atoms with van der Waals surface area (Å²) in [7, 11) is 0. The van der Waals surface area contributed by atoms with E-state index in [-0.39, 0.29) is 68.4 Å². The van der Waals surface area contributed by atoms with Gasteiger partial charge in [-0.05, 0) is 25.7 Å². The Bertz CT molecular complexity index is 1070. The van der Waals surface area contributed by atoms with E-state index in [1.807, 2.05) is 0 Å². The number of hydrogen-bond acceptors (Lipinski definition) is 12. The Morgan fingerprint density at radius 3 is 2.25 bits per heavy atom. The fraction of sp³-hybridized carbons (Fsp3) is 0.781. The number of hydrogen-bond donors (Lipinski definition) is 5. The summed E-state index contributed by atoms with van der Waals surface area (Å²) >= 11 is 1.11. The summed E-state index contributed by atoms with van der Waals surface area (Å²) in [5, 5.41) is 7.84. The third kappa shape index (κ3) is 18.6. The first-order chi connectivity index (χ1) is 22.7. The maximum Gasteiger partial charge on any atom is 0.243 e. The minimum absolute atomic E-state index is 0.0410. The van der Waals surface area contributed by atoms with Crippen LogP contribution in [0.5, 0.6) is 0 Å². The summed E-state index contributed by atoms with van der Waals surface area (Å²) in [6.45, 7) is 10.3. The van der Waals surface area contributed by atoms with Crippen LogP contribution in [0.4, 0.5) is 0 Å². The Morgan fingerprint density at radius 2 is 1.60 bits per heavy atom. The molecule has 7 N–H and O–H groups in total. The smallest absolute Gasteiger partial charge is 0.243 e. The Hall–Kier alpha value is -2.92. The van der Waals surface area contributed by atoms with Crippen LogP contribution in [0.2, 0.25) is 0 Å². The van der Waals surface area contributed by atoms with Crippen LogP contribution in [0.15, 0.2) is 0 Å². The largest absolute Gasteiger partial charge is 0.379 e. The molecule has 0 bridgehead atoms. The average Bonchev–Trinajstić information content (AvgIpc) is 3.29. The lowest BCUT2D eigenvalue weighted by Gasteiger charge is -2.17. The van der Waals surface area contributed by atoms with E-state index in [4.69, 9.17) is 20.9 Å². The van der Waals surface area contributed by atoms with Gasteiger partial charge in [0.05, 0.1) is 37.7 Å². The fourth-order valence-corrected chi connectivity index (χ4v) is 5.56. The van der Waals surface area contributed by atoms with Gasteiger partial charge in [-0.1, -0.05) is 27.7 Å². The van der Waals surface area contributed by atoms with Gasteiger partial charge in [0.25, 0.3) is 0 Å². The molecule has 1 fully saturated rings. The lowest BCUT2D eigenvalue weighted by Crippen LogP contribution is -2.45. The Labute approximate surface area is 288 Å². The molecule has 0 aromatic carbocycles. The van der Waals surface area contributed by atoms with Gasteiger partial charge in [-0.25, -0.2) is 0 Å². The lowest BCUT2D eigenvalue weighted by atomic mass is 10.1. The minimum Gasteiger partial charge on any atom is -0.379 e. The average molecular weight is 701 g/mol. The zero-order chi connectivity index (χ0) is 36.1. The second-order valence-electron chi connectivity index (χ2n) is 12.4. The summed E-state index contributed by atoms with van der Waals surface area (Å²) < 4.78 is 10.9. The number of nitrogens with zero attached hydrogens (tertiary/aromatic N) is 1. The first-order valence-electron chi connectivity index (χ1n) is 16.7. The number of ketones is 2. The minimum atomic E-state index is -0.918. The van der Waals surface area contributed by atoms with E-state index < -0.39 is 46.9 Å². The van der Waals surface area contributed by atoms with Gasteiger partial charge in [0, 0.05) is 63.1 Å². The van der Waals surface area contributed by atoms with Crippen molar-refractivity contribution >= 4 is 52.9 Å². The van der Waals surface area contributed by atoms with Crippen LogP contribution in [-0.4, -0.2) is 121 Å². The van der Waals surface area contributed by atoms with E-state index in [9.17, 15) is 33.6 Å². The molecule has 0 radical (unpaired) electrons. The van der Waals surface area contributed by atoms with Crippen LogP contribution in [0.3, 0.4) is 0 Å². The molecule has 0 aromatic heterocycles. The molecule has 1 saturated heterocycles. The first-order valence-corrected chi connectivity index (χ1v) is 17.8. The monoisotopic (exact) mass is 700 g/mol. The Balaban J connectivity index is 2.19. The van der Waals surface area contributed by atoms with Gasteiger partial charge in [0.1, 0.15) is 11.8 Å². The third-order valence-electron chi connectivity index (χ3n) is 7.42. The number of unbranched alkanes of at least 4 members (excludes halogenated alkanes) is 1. The summed E-state index contributed by atoms with van der Waals surface area (Å²) in [5.41, 5.74) is 11.4. The van der Waals surface area contributed by atoms with E-state index in [1.54, 1.807) is 13.8 Å². The first kappa shape index (κ1) is 43.1. The fourth-order valence-electron chi connectivity index (χ4n) is 4.44. The van der Waals surface area contributed by atoms with Gasteiger partial charge in [0.2, 0.25) is 29.5 Å². The molecule has 15 nitrogen and oxygen atoms in total. The highest BCUT2D eigenvalue weighted by Gasteiger charge is 2.40. The number of rotatable bonds is 28. The van der Waals surface area contributed by atoms with Crippen LogP contribution < -0.4 is 27.4 Å². The second kappa shape index (κ2) is 24.3. The van der Waals surface area contributed by atoms with Crippen LogP contribution in [0, 0.1) is 5.92 Å². The number of carbonyl (C=O) groups is 7. The number of imide groups is 1. The molecular formula is C32H56N6O9S. The summed E-state index contributed by atoms with van der Waals surface area (Å²) in [6.07, 6.45) is 2.01. The standard InChI is InChI=1S/C32H56N6O9S/c1-21(2)26(40)19-38-29(42)18-27(32(38)45)48-20-24(33)31(44)36-12-6-5-9-25(30(34)43)37-28(41)11-10-23(39)8-7-14-46-16-17-47-15-13-35-22(3)4/h21-22,24-25,27,35H,5-20,33H2,1-4H3,(H2,34,43)(H,36,44)(H,37,41)/t24-,25+,27?/m1/s1. The molecule has 1 aliphatic heterocycles. The normalized spacial score (nSPS) is 16.0. The number of nitrogens with one attached hydrogen (secondary N) is 3. The van der Waals surface area contributed by atoms with E-state index >= 15 is 0 Å². The SMILES string of the molecule is CC(C)NCCOCCOCCCC(=O)CCC(=O)N[C@@H](CCCCNC(=O)[C@H](N)CSC1CC(=O)N(CC(=O)C(C)C)C1=O)C(N)=O. The number of ether oxygens (including phenoxy) is 2. The Kier molecular flexibility index (Phi) is 21.8. The molecule has 1 heterocycles. The van der Waals surface area contributed by atoms with Crippen molar-refractivity contribution in [2.24, 2.45) is 17.4 Å². The predicted octanol–water partition coefficient (Wildman–Crippen LogP) is -0.183. The molecular weight excluding hydrogens is 644 g/mol. The number of primary amides is 1. The number of thioether (sulfide) groups is 1. The van der Waals surface area contributed by atoms with Gasteiger partial charge >= 0.3 is 0 Å². The van der Waals surface area contributed by atoms with Crippen molar-refractivity contribution in [2.45, 2.75) is 102 Å². The zero-order valence-corrected chi connectivity index (χ0v) is 29.7. The lowest BCUT2D eigenvalue weighted by molar-refractivity contribution is -0.142. The topological polar surface area (TPSA) is 229 Å². The van der Waals surface area contributed by atoms with Gasteiger partial charge < -0.3 is 36.9 Å². The van der Waals surface area contributed by atoms with Gasteiger partial charge in [-0.2, -0.15) is 0 Å². The molecule has 3 atom stereocenters. The zero-order valence-electron chi connectivity index (χ0n) is 28.9. The van der Waals surface area contributed by atoms with E-state index in [2.05, 4.69) is 29.8 Å². The maximum atomic E-state index is 12.6. The molecule has 0 aliphatic carbocycles. The van der Waals surface area contributed by atoms with Crippen molar-refractivity contribution in [3.8, 4) is 0 Å². The maximum absolute atomic E-state index is 12.6.